The first-order valence-corrected chi connectivity index (χ1v) is 4.67. The van der Waals surface area contributed by atoms with Crippen LogP contribution in [0.1, 0.15) is 43.9 Å². The SMILES string of the molecule is CC(C)c1cc(O)c(C(C)O)cc1O. The Labute approximate surface area is 83.6 Å². The minimum absolute atomic E-state index is 0.0292. The van der Waals surface area contributed by atoms with E-state index in [1.165, 1.54) is 12.1 Å². The second-order valence-corrected chi connectivity index (χ2v) is 3.80. The number of aromatic hydroxyl groups is 2. The molecule has 1 atom stereocenters. The van der Waals surface area contributed by atoms with E-state index in [1.54, 1.807) is 6.92 Å². The highest BCUT2D eigenvalue weighted by Gasteiger charge is 2.13. The molecule has 0 saturated heterocycles. The lowest BCUT2D eigenvalue weighted by Gasteiger charge is -2.13. The molecule has 0 radical (unpaired) electrons. The predicted molar refractivity (Wildman–Crippen MR) is 54.5 cm³/mol. The molecule has 0 spiro atoms. The van der Waals surface area contributed by atoms with Gasteiger partial charge in [-0.05, 0) is 25.0 Å². The van der Waals surface area contributed by atoms with Gasteiger partial charge in [0.25, 0.3) is 0 Å². The number of phenolic OH excluding ortho intramolecular Hbond substituents is 2. The lowest BCUT2D eigenvalue weighted by atomic mass is 9.98. The summed E-state index contributed by atoms with van der Waals surface area (Å²) in [6.45, 7) is 5.40. The molecule has 1 unspecified atom stereocenters. The van der Waals surface area contributed by atoms with Crippen LogP contribution in [0.5, 0.6) is 11.5 Å². The van der Waals surface area contributed by atoms with Crippen LogP contribution < -0.4 is 0 Å². The van der Waals surface area contributed by atoms with Crippen molar-refractivity contribution in [3.8, 4) is 11.5 Å². The Bertz CT molecular complexity index is 296. The van der Waals surface area contributed by atoms with Gasteiger partial charge in [-0.1, -0.05) is 13.8 Å². The van der Waals surface area contributed by atoms with Gasteiger partial charge in [0, 0.05) is 11.1 Å². The molecule has 3 heteroatoms. The molecule has 0 aromatic heterocycles. The zero-order valence-corrected chi connectivity index (χ0v) is 8.65. The molecule has 1 aromatic carbocycles. The van der Waals surface area contributed by atoms with Crippen LogP contribution in [0.3, 0.4) is 0 Å². The van der Waals surface area contributed by atoms with Gasteiger partial charge >= 0.3 is 0 Å². The summed E-state index contributed by atoms with van der Waals surface area (Å²) in [4.78, 5) is 0. The van der Waals surface area contributed by atoms with Crippen molar-refractivity contribution < 1.29 is 15.3 Å². The van der Waals surface area contributed by atoms with Gasteiger partial charge in [0.05, 0.1) is 6.10 Å². The van der Waals surface area contributed by atoms with Gasteiger partial charge < -0.3 is 15.3 Å². The second kappa shape index (κ2) is 3.88. The van der Waals surface area contributed by atoms with Gasteiger partial charge in [-0.15, -0.1) is 0 Å². The summed E-state index contributed by atoms with van der Waals surface area (Å²) in [5, 5.41) is 28.5. The molecule has 0 amide bonds. The zero-order chi connectivity index (χ0) is 10.9. The highest BCUT2D eigenvalue weighted by molar-refractivity contribution is 5.47. The van der Waals surface area contributed by atoms with Gasteiger partial charge in [0.1, 0.15) is 11.5 Å². The molecular weight excluding hydrogens is 180 g/mol. The summed E-state index contributed by atoms with van der Waals surface area (Å²) < 4.78 is 0. The highest BCUT2D eigenvalue weighted by atomic mass is 16.3. The van der Waals surface area contributed by atoms with Crippen LogP contribution in [0.25, 0.3) is 0 Å². The number of aliphatic hydroxyl groups is 1. The number of hydrogen-bond donors (Lipinski definition) is 3. The maximum absolute atomic E-state index is 9.61. The van der Waals surface area contributed by atoms with Gasteiger partial charge in [-0.3, -0.25) is 0 Å². The van der Waals surface area contributed by atoms with E-state index < -0.39 is 6.10 Å². The van der Waals surface area contributed by atoms with E-state index in [9.17, 15) is 15.3 Å². The van der Waals surface area contributed by atoms with E-state index in [0.717, 1.165) is 0 Å². The van der Waals surface area contributed by atoms with Crippen LogP contribution in [0.2, 0.25) is 0 Å². The quantitative estimate of drug-likeness (QED) is 0.636. The standard InChI is InChI=1S/C11H16O3/c1-6(2)8-4-11(14)9(7(3)12)5-10(8)13/h4-7,12-14H,1-3H3. The fraction of sp³-hybridized carbons (Fsp3) is 0.455. The molecule has 78 valence electrons. The number of hydrogen-bond acceptors (Lipinski definition) is 3. The van der Waals surface area contributed by atoms with Crippen molar-refractivity contribution in [2.24, 2.45) is 0 Å². The van der Waals surface area contributed by atoms with Gasteiger partial charge in [-0.25, -0.2) is 0 Å². The Balaban J connectivity index is 3.24. The monoisotopic (exact) mass is 196 g/mol. The third kappa shape index (κ3) is 1.99. The molecule has 3 nitrogen and oxygen atoms in total. The lowest BCUT2D eigenvalue weighted by molar-refractivity contribution is 0.194. The average molecular weight is 196 g/mol. The molecule has 0 heterocycles. The Kier molecular flexibility index (Phi) is 3.01. The summed E-state index contributed by atoms with van der Waals surface area (Å²) >= 11 is 0. The van der Waals surface area contributed by atoms with E-state index in [4.69, 9.17) is 0 Å². The fourth-order valence-corrected chi connectivity index (χ4v) is 1.41. The molecule has 14 heavy (non-hydrogen) atoms. The largest absolute Gasteiger partial charge is 0.508 e. The number of aliphatic hydroxyl groups excluding tert-OH is 1. The van der Waals surface area contributed by atoms with E-state index in [1.807, 2.05) is 13.8 Å². The van der Waals surface area contributed by atoms with Crippen molar-refractivity contribution in [2.45, 2.75) is 32.8 Å². The summed E-state index contributed by atoms with van der Waals surface area (Å²) in [7, 11) is 0. The number of phenols is 2. The minimum atomic E-state index is -0.776. The van der Waals surface area contributed by atoms with Gasteiger partial charge in [0.15, 0.2) is 0 Å². The fourth-order valence-electron chi connectivity index (χ4n) is 1.41. The highest BCUT2D eigenvalue weighted by Crippen LogP contribution is 2.34. The maximum Gasteiger partial charge on any atom is 0.121 e. The molecule has 0 aliphatic carbocycles. The lowest BCUT2D eigenvalue weighted by Crippen LogP contribution is -1.95. The molecule has 1 aromatic rings. The van der Waals surface area contributed by atoms with Crippen molar-refractivity contribution in [2.75, 3.05) is 0 Å². The smallest absolute Gasteiger partial charge is 0.121 e. The van der Waals surface area contributed by atoms with Crippen molar-refractivity contribution in [1.82, 2.24) is 0 Å². The second-order valence-electron chi connectivity index (χ2n) is 3.80. The Morgan fingerprint density at radius 3 is 1.79 bits per heavy atom. The van der Waals surface area contributed by atoms with Crippen molar-refractivity contribution in [3.05, 3.63) is 23.3 Å². The third-order valence-corrected chi connectivity index (χ3v) is 2.25. The van der Waals surface area contributed by atoms with Gasteiger partial charge in [0.2, 0.25) is 0 Å². The van der Waals surface area contributed by atoms with Crippen LogP contribution in [-0.2, 0) is 0 Å². The molecule has 3 N–H and O–H groups in total. The molecule has 0 aliphatic rings. The Morgan fingerprint density at radius 2 is 1.36 bits per heavy atom. The Hall–Kier alpha value is -1.22. The predicted octanol–water partition coefficient (Wildman–Crippen LogP) is 2.27. The van der Waals surface area contributed by atoms with Crippen molar-refractivity contribution in [3.63, 3.8) is 0 Å². The van der Waals surface area contributed by atoms with Crippen LogP contribution >= 0.6 is 0 Å². The van der Waals surface area contributed by atoms with E-state index >= 15 is 0 Å². The van der Waals surface area contributed by atoms with Crippen LogP contribution in [0.4, 0.5) is 0 Å². The van der Waals surface area contributed by atoms with Crippen molar-refractivity contribution >= 4 is 0 Å². The van der Waals surface area contributed by atoms with E-state index in [2.05, 4.69) is 0 Å². The normalized spacial score (nSPS) is 13.2. The van der Waals surface area contributed by atoms with Gasteiger partial charge in [-0.2, -0.15) is 0 Å². The molecule has 0 saturated carbocycles. The van der Waals surface area contributed by atoms with Crippen LogP contribution in [0.15, 0.2) is 12.1 Å². The average Bonchev–Trinajstić information content (AvgIpc) is 2.07. The summed E-state index contributed by atoms with van der Waals surface area (Å²) in [6, 6.07) is 2.91. The van der Waals surface area contributed by atoms with Crippen molar-refractivity contribution in [1.29, 1.82) is 0 Å². The summed E-state index contributed by atoms with van der Waals surface area (Å²) in [6.07, 6.45) is -0.776. The molecule has 1 rings (SSSR count). The summed E-state index contributed by atoms with van der Waals surface area (Å²) in [5.41, 5.74) is 1.04. The molecule has 0 fully saturated rings. The topological polar surface area (TPSA) is 60.7 Å². The molecule has 0 aliphatic heterocycles. The zero-order valence-electron chi connectivity index (χ0n) is 8.65. The maximum atomic E-state index is 9.61. The Morgan fingerprint density at radius 1 is 0.929 bits per heavy atom. The molecular formula is C11H16O3. The first-order valence-electron chi connectivity index (χ1n) is 4.67. The van der Waals surface area contributed by atoms with E-state index in [-0.39, 0.29) is 17.4 Å². The van der Waals surface area contributed by atoms with Crippen LogP contribution in [-0.4, -0.2) is 15.3 Å². The number of benzene rings is 1. The first-order chi connectivity index (χ1) is 6.43. The molecule has 0 bridgehead atoms. The van der Waals surface area contributed by atoms with Crippen LogP contribution in [0, 0.1) is 0 Å². The van der Waals surface area contributed by atoms with E-state index in [0.29, 0.717) is 11.1 Å². The third-order valence-electron chi connectivity index (χ3n) is 2.25. The first kappa shape index (κ1) is 10.9. The minimum Gasteiger partial charge on any atom is -0.508 e. The number of rotatable bonds is 2. The summed E-state index contributed by atoms with van der Waals surface area (Å²) in [5.74, 6) is 0.291.